The first kappa shape index (κ1) is 11.4. The van der Waals surface area contributed by atoms with Gasteiger partial charge in [0.1, 0.15) is 0 Å². The summed E-state index contributed by atoms with van der Waals surface area (Å²) in [6.07, 6.45) is 9.51. The van der Waals surface area contributed by atoms with Gasteiger partial charge < -0.3 is 11.1 Å². The van der Waals surface area contributed by atoms with Gasteiger partial charge in [-0.2, -0.15) is 0 Å². The van der Waals surface area contributed by atoms with Crippen LogP contribution in [0.15, 0.2) is 4.99 Å². The van der Waals surface area contributed by atoms with Crippen molar-refractivity contribution in [2.75, 3.05) is 6.54 Å². The number of rotatable bonds is 3. The highest BCUT2D eigenvalue weighted by Crippen LogP contribution is 2.55. The quantitative estimate of drug-likeness (QED) is 0.582. The fourth-order valence-electron chi connectivity index (χ4n) is 4.81. The topological polar surface area (TPSA) is 50.4 Å². The summed E-state index contributed by atoms with van der Waals surface area (Å²) in [6.45, 7) is 2.99. The average molecular weight is 235 g/mol. The smallest absolute Gasteiger partial charge is 0.189 e. The van der Waals surface area contributed by atoms with Gasteiger partial charge in [0.15, 0.2) is 5.96 Å². The lowest BCUT2D eigenvalue weighted by Gasteiger charge is -2.57. The fraction of sp³-hybridized carbons (Fsp3) is 0.929. The van der Waals surface area contributed by atoms with Gasteiger partial charge in [-0.15, -0.1) is 0 Å². The fourth-order valence-corrected chi connectivity index (χ4v) is 4.81. The zero-order valence-electron chi connectivity index (χ0n) is 10.9. The van der Waals surface area contributed by atoms with E-state index in [0.717, 1.165) is 30.7 Å². The molecule has 4 saturated carbocycles. The Balaban J connectivity index is 1.69. The van der Waals surface area contributed by atoms with Crippen LogP contribution in [-0.4, -0.2) is 18.0 Å². The molecular weight excluding hydrogens is 210 g/mol. The van der Waals surface area contributed by atoms with E-state index >= 15 is 0 Å². The highest BCUT2D eigenvalue weighted by molar-refractivity contribution is 5.78. The molecule has 4 rings (SSSR count). The number of nitrogens with two attached hydrogens (primary N) is 1. The average Bonchev–Trinajstić information content (AvgIpc) is 2.23. The van der Waals surface area contributed by atoms with E-state index in [1.807, 2.05) is 0 Å². The van der Waals surface area contributed by atoms with Crippen LogP contribution < -0.4 is 11.1 Å². The predicted molar refractivity (Wildman–Crippen MR) is 70.8 cm³/mol. The van der Waals surface area contributed by atoms with Gasteiger partial charge in [-0.3, -0.25) is 4.99 Å². The Morgan fingerprint density at radius 2 is 1.71 bits per heavy atom. The normalized spacial score (nSPS) is 44.1. The number of hydrogen-bond donors (Lipinski definition) is 2. The second-order valence-electron chi connectivity index (χ2n) is 6.59. The van der Waals surface area contributed by atoms with Crippen LogP contribution in [0, 0.1) is 17.8 Å². The molecule has 17 heavy (non-hydrogen) atoms. The van der Waals surface area contributed by atoms with Gasteiger partial charge in [0.05, 0.1) is 0 Å². The maximum atomic E-state index is 6.02. The summed E-state index contributed by atoms with van der Waals surface area (Å²) < 4.78 is 0. The Morgan fingerprint density at radius 3 is 2.18 bits per heavy atom. The molecule has 0 amide bonds. The number of aliphatic imine (C=N–C) groups is 1. The third-order valence-corrected chi connectivity index (χ3v) is 4.94. The Morgan fingerprint density at radius 1 is 1.18 bits per heavy atom. The summed E-state index contributed by atoms with van der Waals surface area (Å²) in [5, 5.41) is 3.59. The van der Waals surface area contributed by atoms with Crippen LogP contribution in [0.2, 0.25) is 0 Å². The molecule has 3 heteroatoms. The number of hydrogen-bond acceptors (Lipinski definition) is 1. The van der Waals surface area contributed by atoms with Gasteiger partial charge >= 0.3 is 0 Å². The summed E-state index contributed by atoms with van der Waals surface area (Å²) in [5.74, 6) is 3.59. The van der Waals surface area contributed by atoms with E-state index in [1.54, 1.807) is 0 Å². The molecule has 0 spiro atoms. The second kappa shape index (κ2) is 4.18. The first-order valence-corrected chi connectivity index (χ1v) is 7.27. The van der Waals surface area contributed by atoms with E-state index in [1.165, 1.54) is 38.5 Å². The van der Waals surface area contributed by atoms with Gasteiger partial charge in [0.2, 0.25) is 0 Å². The highest BCUT2D eigenvalue weighted by Gasteiger charge is 2.51. The molecule has 96 valence electrons. The van der Waals surface area contributed by atoms with Crippen LogP contribution in [0.1, 0.15) is 51.9 Å². The van der Waals surface area contributed by atoms with E-state index < -0.39 is 0 Å². The van der Waals surface area contributed by atoms with Crippen LogP contribution in [0.25, 0.3) is 0 Å². The Kier molecular flexibility index (Phi) is 2.80. The van der Waals surface area contributed by atoms with Gasteiger partial charge in [-0.05, 0) is 62.7 Å². The Hall–Kier alpha value is -0.730. The van der Waals surface area contributed by atoms with Crippen LogP contribution in [-0.2, 0) is 0 Å². The Labute approximate surface area is 104 Å². The van der Waals surface area contributed by atoms with Crippen molar-refractivity contribution in [2.45, 2.75) is 57.4 Å². The van der Waals surface area contributed by atoms with Crippen molar-refractivity contribution >= 4 is 5.96 Å². The molecule has 0 aliphatic heterocycles. The van der Waals surface area contributed by atoms with Crippen LogP contribution in [0.3, 0.4) is 0 Å². The Bertz CT molecular complexity index is 286. The number of guanidine groups is 1. The molecule has 0 saturated heterocycles. The zero-order chi connectivity index (χ0) is 11.9. The van der Waals surface area contributed by atoms with Crippen LogP contribution in [0.5, 0.6) is 0 Å². The van der Waals surface area contributed by atoms with Gasteiger partial charge in [0, 0.05) is 12.1 Å². The van der Waals surface area contributed by atoms with Crippen molar-refractivity contribution in [2.24, 2.45) is 28.5 Å². The van der Waals surface area contributed by atoms with Gasteiger partial charge in [-0.1, -0.05) is 6.92 Å². The van der Waals surface area contributed by atoms with Crippen molar-refractivity contribution in [1.82, 2.24) is 5.32 Å². The minimum atomic E-state index is 0.316. The summed E-state index contributed by atoms with van der Waals surface area (Å²) >= 11 is 0. The monoisotopic (exact) mass is 235 g/mol. The summed E-state index contributed by atoms with van der Waals surface area (Å²) in [5.41, 5.74) is 6.34. The first-order chi connectivity index (χ1) is 8.19. The molecule has 3 nitrogen and oxygen atoms in total. The third-order valence-electron chi connectivity index (χ3n) is 4.94. The second-order valence-corrected chi connectivity index (χ2v) is 6.59. The standard InChI is InChI=1S/C14H25N3/c1-2-3-16-13(15)17-14-7-10-4-11(8-14)6-12(5-10)9-14/h10-12H,2-9H2,1H3,(H3,15,16,17). The molecule has 0 unspecified atom stereocenters. The molecule has 0 aromatic carbocycles. The van der Waals surface area contributed by atoms with E-state index in [2.05, 4.69) is 17.2 Å². The van der Waals surface area contributed by atoms with E-state index in [9.17, 15) is 0 Å². The molecule has 4 fully saturated rings. The molecule has 0 aromatic heterocycles. The molecule has 0 atom stereocenters. The van der Waals surface area contributed by atoms with Crippen molar-refractivity contribution in [3.8, 4) is 0 Å². The molecule has 0 heterocycles. The molecule has 4 aliphatic carbocycles. The highest BCUT2D eigenvalue weighted by atomic mass is 15.1. The SMILES string of the molecule is CCCN=C(N)NC12CC3CC(CC(C3)C1)C2. The largest absolute Gasteiger partial charge is 0.370 e. The molecule has 4 bridgehead atoms. The maximum Gasteiger partial charge on any atom is 0.189 e. The lowest BCUT2D eigenvalue weighted by atomic mass is 9.53. The van der Waals surface area contributed by atoms with Crippen molar-refractivity contribution in [1.29, 1.82) is 0 Å². The van der Waals surface area contributed by atoms with Crippen molar-refractivity contribution in [3.05, 3.63) is 0 Å². The molecule has 4 aliphatic rings. The minimum absolute atomic E-state index is 0.316. The molecule has 0 aromatic rings. The predicted octanol–water partition coefficient (Wildman–Crippen LogP) is 2.27. The van der Waals surface area contributed by atoms with E-state index in [-0.39, 0.29) is 0 Å². The number of nitrogens with zero attached hydrogens (tertiary/aromatic N) is 1. The van der Waals surface area contributed by atoms with E-state index in [0.29, 0.717) is 11.5 Å². The molecule has 3 N–H and O–H groups in total. The number of nitrogens with one attached hydrogen (secondary N) is 1. The summed E-state index contributed by atoms with van der Waals surface area (Å²) in [4.78, 5) is 4.40. The van der Waals surface area contributed by atoms with Crippen molar-refractivity contribution < 1.29 is 0 Å². The summed E-state index contributed by atoms with van der Waals surface area (Å²) in [7, 11) is 0. The summed E-state index contributed by atoms with van der Waals surface area (Å²) in [6, 6.07) is 0. The van der Waals surface area contributed by atoms with Crippen molar-refractivity contribution in [3.63, 3.8) is 0 Å². The van der Waals surface area contributed by atoms with Crippen LogP contribution >= 0.6 is 0 Å². The molecule has 0 radical (unpaired) electrons. The third kappa shape index (κ3) is 2.16. The minimum Gasteiger partial charge on any atom is -0.370 e. The van der Waals surface area contributed by atoms with Gasteiger partial charge in [-0.25, -0.2) is 0 Å². The van der Waals surface area contributed by atoms with Crippen LogP contribution in [0.4, 0.5) is 0 Å². The van der Waals surface area contributed by atoms with E-state index in [4.69, 9.17) is 5.73 Å². The lowest BCUT2D eigenvalue weighted by molar-refractivity contribution is -0.0102. The molecular formula is C14H25N3. The first-order valence-electron chi connectivity index (χ1n) is 7.27. The maximum absolute atomic E-state index is 6.02. The zero-order valence-corrected chi connectivity index (χ0v) is 10.9. The van der Waals surface area contributed by atoms with Gasteiger partial charge in [0.25, 0.3) is 0 Å². The lowest BCUT2D eigenvalue weighted by Crippen LogP contribution is -2.61.